The molecule has 67 valence electrons. The molecule has 0 unspecified atom stereocenters. The van der Waals surface area contributed by atoms with Gasteiger partial charge in [0.15, 0.2) is 0 Å². The monoisotopic (exact) mass is 303 g/mol. The molecule has 12 heavy (non-hydrogen) atoms. The van der Waals surface area contributed by atoms with Crippen molar-refractivity contribution in [2.24, 2.45) is 0 Å². The second kappa shape index (κ2) is 8.53. The summed E-state index contributed by atoms with van der Waals surface area (Å²) in [6.07, 6.45) is 0. The van der Waals surface area contributed by atoms with E-state index in [1.54, 1.807) is 0 Å². The van der Waals surface area contributed by atoms with Gasteiger partial charge in [0.25, 0.3) is 0 Å². The second-order valence-electron chi connectivity index (χ2n) is 1.86. The summed E-state index contributed by atoms with van der Waals surface area (Å²) in [5.41, 5.74) is 0.965. The number of hydrogen-bond acceptors (Lipinski definition) is 1. The van der Waals surface area contributed by atoms with Gasteiger partial charge in [-0.15, -0.1) is 0 Å². The SMILES string of the molecule is OCc1ccccc1.[Cl][Zr]([Cl])[Cl]. The number of benzene rings is 1. The van der Waals surface area contributed by atoms with Gasteiger partial charge < -0.3 is 5.11 Å². The van der Waals surface area contributed by atoms with E-state index in [1.165, 1.54) is 0 Å². The van der Waals surface area contributed by atoms with E-state index in [0.29, 0.717) is 0 Å². The first-order valence-corrected chi connectivity index (χ1v) is 12.6. The minimum absolute atomic E-state index is 0.140. The molecular weight excluding hydrogens is 298 g/mol. The van der Waals surface area contributed by atoms with E-state index < -0.39 is 18.2 Å². The van der Waals surface area contributed by atoms with Gasteiger partial charge in [0.1, 0.15) is 0 Å². The van der Waals surface area contributed by atoms with Crippen LogP contribution in [-0.4, -0.2) is 5.11 Å². The maximum absolute atomic E-state index is 8.54. The quantitative estimate of drug-likeness (QED) is 0.844. The zero-order valence-corrected chi connectivity index (χ0v) is 10.9. The average Bonchev–Trinajstić information content (AvgIpc) is 2.05. The molecule has 0 atom stereocenters. The van der Waals surface area contributed by atoms with E-state index in [0.717, 1.165) is 5.56 Å². The van der Waals surface area contributed by atoms with Crippen molar-refractivity contribution >= 4 is 25.5 Å². The minimum atomic E-state index is -2.13. The van der Waals surface area contributed by atoms with Crippen LogP contribution in [0.3, 0.4) is 0 Å². The first-order chi connectivity index (χ1) is 5.66. The zero-order valence-electron chi connectivity index (χ0n) is 6.17. The summed E-state index contributed by atoms with van der Waals surface area (Å²) in [5, 5.41) is 8.54. The fraction of sp³-hybridized carbons (Fsp3) is 0.143. The summed E-state index contributed by atoms with van der Waals surface area (Å²) >= 11 is -2.13. The third kappa shape index (κ3) is 9.02. The normalized spacial score (nSPS) is 8.33. The van der Waals surface area contributed by atoms with E-state index in [4.69, 9.17) is 30.6 Å². The molecule has 5 heteroatoms. The summed E-state index contributed by atoms with van der Waals surface area (Å²) in [4.78, 5) is 0. The molecule has 0 spiro atoms. The molecule has 0 fully saturated rings. The molecule has 0 saturated carbocycles. The predicted molar refractivity (Wildman–Crippen MR) is 49.9 cm³/mol. The van der Waals surface area contributed by atoms with Gasteiger partial charge in [0, 0.05) is 0 Å². The van der Waals surface area contributed by atoms with E-state index in [1.807, 2.05) is 30.3 Å². The van der Waals surface area contributed by atoms with Gasteiger partial charge in [-0.25, -0.2) is 0 Å². The Morgan fingerprint density at radius 3 is 1.75 bits per heavy atom. The van der Waals surface area contributed by atoms with Crippen LogP contribution in [0.2, 0.25) is 0 Å². The van der Waals surface area contributed by atoms with Crippen molar-refractivity contribution in [1.82, 2.24) is 0 Å². The Balaban J connectivity index is 0.000000261. The molecule has 0 aliphatic carbocycles. The van der Waals surface area contributed by atoms with E-state index in [2.05, 4.69) is 0 Å². The Bertz CT molecular complexity index is 190. The summed E-state index contributed by atoms with van der Waals surface area (Å²) in [6, 6.07) is 9.52. The van der Waals surface area contributed by atoms with Crippen molar-refractivity contribution in [2.45, 2.75) is 6.61 Å². The molecule has 0 heterocycles. The average molecular weight is 306 g/mol. The molecule has 1 aromatic carbocycles. The van der Waals surface area contributed by atoms with Crippen LogP contribution in [-0.2, 0) is 24.8 Å². The van der Waals surface area contributed by atoms with Crippen molar-refractivity contribution in [3.63, 3.8) is 0 Å². The molecule has 0 saturated heterocycles. The van der Waals surface area contributed by atoms with Crippen molar-refractivity contribution < 1.29 is 23.3 Å². The molecule has 1 rings (SSSR count). The summed E-state index contributed by atoms with van der Waals surface area (Å²) < 4.78 is 0. The van der Waals surface area contributed by atoms with E-state index in [9.17, 15) is 0 Å². The molecular formula is C7H8Cl3OZr. The Labute approximate surface area is 90.6 Å². The molecule has 0 radical (unpaired) electrons. The Hall–Kier alpha value is 0.933. The fourth-order valence-electron chi connectivity index (χ4n) is 0.583. The van der Waals surface area contributed by atoms with Crippen molar-refractivity contribution in [3.8, 4) is 0 Å². The van der Waals surface area contributed by atoms with Gasteiger partial charge >= 0.3 is 43.7 Å². The van der Waals surface area contributed by atoms with E-state index >= 15 is 0 Å². The standard InChI is InChI=1S/C7H8O.3ClH.Zr/c8-6-7-4-2-1-3-5-7;;;;/h1-5,8H,6H2;3*1H;/q;;;;+3/p-3. The van der Waals surface area contributed by atoms with Crippen LogP contribution >= 0.6 is 25.5 Å². The van der Waals surface area contributed by atoms with Gasteiger partial charge in [-0.05, 0) is 5.56 Å². The molecule has 0 bridgehead atoms. The summed E-state index contributed by atoms with van der Waals surface area (Å²) in [6.45, 7) is 0.140. The van der Waals surface area contributed by atoms with Gasteiger partial charge in [-0.3, -0.25) is 0 Å². The Morgan fingerprint density at radius 1 is 1.08 bits per heavy atom. The van der Waals surface area contributed by atoms with Gasteiger partial charge in [0.2, 0.25) is 0 Å². The topological polar surface area (TPSA) is 20.2 Å². The van der Waals surface area contributed by atoms with Crippen LogP contribution in [0.5, 0.6) is 0 Å². The summed E-state index contributed by atoms with van der Waals surface area (Å²) in [5.74, 6) is 0. The molecule has 1 N–H and O–H groups in total. The Kier molecular flexibility index (Phi) is 9.19. The molecule has 0 aliphatic heterocycles. The Morgan fingerprint density at radius 2 is 1.50 bits per heavy atom. The number of hydrogen-bond donors (Lipinski definition) is 1. The number of rotatable bonds is 1. The van der Waals surface area contributed by atoms with Crippen molar-refractivity contribution in [2.75, 3.05) is 0 Å². The molecule has 0 amide bonds. The van der Waals surface area contributed by atoms with Crippen LogP contribution in [0.25, 0.3) is 0 Å². The van der Waals surface area contributed by atoms with Gasteiger partial charge in [0.05, 0.1) is 6.61 Å². The fourth-order valence-corrected chi connectivity index (χ4v) is 0.583. The maximum atomic E-state index is 8.54. The third-order valence-corrected chi connectivity index (χ3v) is 1.03. The number of halogens is 3. The first kappa shape index (κ1) is 12.9. The van der Waals surface area contributed by atoms with Crippen LogP contribution in [0.1, 0.15) is 5.56 Å². The summed E-state index contributed by atoms with van der Waals surface area (Å²) in [7, 11) is 15.0. The van der Waals surface area contributed by atoms with Crippen LogP contribution in [0.15, 0.2) is 30.3 Å². The molecule has 1 aromatic rings. The molecule has 1 nitrogen and oxygen atoms in total. The van der Waals surface area contributed by atoms with E-state index in [-0.39, 0.29) is 6.61 Å². The number of aliphatic hydroxyl groups excluding tert-OH is 1. The third-order valence-electron chi connectivity index (χ3n) is 1.03. The van der Waals surface area contributed by atoms with Crippen LogP contribution in [0, 0.1) is 0 Å². The predicted octanol–water partition coefficient (Wildman–Crippen LogP) is 3.24. The van der Waals surface area contributed by atoms with Crippen LogP contribution in [0.4, 0.5) is 0 Å². The van der Waals surface area contributed by atoms with Crippen LogP contribution < -0.4 is 0 Å². The second-order valence-corrected chi connectivity index (χ2v) is 13.1. The van der Waals surface area contributed by atoms with Gasteiger partial charge in [-0.1, -0.05) is 30.3 Å². The van der Waals surface area contributed by atoms with Gasteiger partial charge in [-0.2, -0.15) is 0 Å². The molecule has 0 aromatic heterocycles. The van der Waals surface area contributed by atoms with Crippen molar-refractivity contribution in [1.29, 1.82) is 0 Å². The molecule has 0 aliphatic rings. The van der Waals surface area contributed by atoms with Crippen molar-refractivity contribution in [3.05, 3.63) is 35.9 Å². The first-order valence-electron chi connectivity index (χ1n) is 3.15. The zero-order chi connectivity index (χ0) is 9.40. The number of aliphatic hydroxyl groups is 1.